The van der Waals surface area contributed by atoms with Crippen molar-refractivity contribution in [3.05, 3.63) is 0 Å². The van der Waals surface area contributed by atoms with E-state index < -0.39 is 0 Å². The molecule has 1 amide bonds. The minimum atomic E-state index is 0.234. The zero-order valence-electron chi connectivity index (χ0n) is 7.91. The lowest BCUT2D eigenvalue weighted by Gasteiger charge is -2.31. The molecule has 0 N–H and O–H groups in total. The molecule has 0 spiro atoms. The summed E-state index contributed by atoms with van der Waals surface area (Å²) in [5.74, 6) is 1.42. The molecule has 0 radical (unpaired) electrons. The van der Waals surface area contributed by atoms with E-state index in [0.717, 1.165) is 12.5 Å². The SMILES string of the molecule is O=C(CS)N1CC[C@@H]2CCCC[C@@H]21. The molecule has 0 bridgehead atoms. The first-order valence-electron chi connectivity index (χ1n) is 5.23. The van der Waals surface area contributed by atoms with Crippen molar-refractivity contribution in [2.24, 2.45) is 5.92 Å². The minimum absolute atomic E-state index is 0.234. The van der Waals surface area contributed by atoms with Crippen LogP contribution in [0.2, 0.25) is 0 Å². The summed E-state index contributed by atoms with van der Waals surface area (Å²) in [6, 6.07) is 0.563. The van der Waals surface area contributed by atoms with Crippen LogP contribution in [0.3, 0.4) is 0 Å². The number of fused-ring (bicyclic) bond motifs is 1. The van der Waals surface area contributed by atoms with Gasteiger partial charge in [-0.15, -0.1) is 0 Å². The molecule has 0 aromatic heterocycles. The number of rotatable bonds is 1. The van der Waals surface area contributed by atoms with Gasteiger partial charge in [0.05, 0.1) is 5.75 Å². The van der Waals surface area contributed by atoms with Gasteiger partial charge in [0, 0.05) is 12.6 Å². The molecule has 2 fully saturated rings. The first kappa shape index (κ1) is 9.38. The molecule has 74 valence electrons. The molecule has 2 nitrogen and oxygen atoms in total. The molecule has 1 aliphatic heterocycles. The van der Waals surface area contributed by atoms with Crippen molar-refractivity contribution in [2.75, 3.05) is 12.3 Å². The Hall–Kier alpha value is -0.180. The number of thiol groups is 1. The van der Waals surface area contributed by atoms with Gasteiger partial charge < -0.3 is 4.90 Å². The Morgan fingerprint density at radius 3 is 2.85 bits per heavy atom. The standard InChI is InChI=1S/C10H17NOS/c12-10(7-13)11-6-5-8-3-1-2-4-9(8)11/h8-9,13H,1-7H2/t8-,9-/m0/s1. The van der Waals surface area contributed by atoms with E-state index in [2.05, 4.69) is 17.5 Å². The number of hydrogen-bond donors (Lipinski definition) is 1. The van der Waals surface area contributed by atoms with Gasteiger partial charge >= 0.3 is 0 Å². The Labute approximate surface area is 85.1 Å². The van der Waals surface area contributed by atoms with Crippen LogP contribution >= 0.6 is 12.6 Å². The average Bonchev–Trinajstić information content (AvgIpc) is 2.60. The van der Waals surface area contributed by atoms with Gasteiger partial charge in [0.15, 0.2) is 0 Å². The topological polar surface area (TPSA) is 20.3 Å². The average molecular weight is 199 g/mol. The number of likely N-dealkylation sites (tertiary alicyclic amines) is 1. The van der Waals surface area contributed by atoms with E-state index in [1.165, 1.54) is 32.1 Å². The molecule has 1 heterocycles. The molecule has 1 saturated carbocycles. The highest BCUT2D eigenvalue weighted by atomic mass is 32.1. The van der Waals surface area contributed by atoms with Gasteiger partial charge in [-0.25, -0.2) is 0 Å². The fraction of sp³-hybridized carbons (Fsp3) is 0.900. The van der Waals surface area contributed by atoms with Gasteiger partial charge in [-0.2, -0.15) is 12.6 Å². The summed E-state index contributed by atoms with van der Waals surface area (Å²) in [5, 5.41) is 0. The van der Waals surface area contributed by atoms with Gasteiger partial charge in [-0.3, -0.25) is 4.79 Å². The van der Waals surface area contributed by atoms with E-state index in [4.69, 9.17) is 0 Å². The van der Waals surface area contributed by atoms with Crippen LogP contribution in [0, 0.1) is 5.92 Å². The minimum Gasteiger partial charge on any atom is -0.339 e. The zero-order valence-corrected chi connectivity index (χ0v) is 8.80. The number of hydrogen-bond acceptors (Lipinski definition) is 2. The Kier molecular flexibility index (Phi) is 2.82. The quantitative estimate of drug-likeness (QED) is 0.637. The molecule has 1 aliphatic carbocycles. The molecule has 2 aliphatic rings. The monoisotopic (exact) mass is 199 g/mol. The Balaban J connectivity index is 2.02. The fourth-order valence-corrected chi connectivity index (χ4v) is 2.99. The Bertz CT molecular complexity index is 207. The highest BCUT2D eigenvalue weighted by Crippen LogP contribution is 2.36. The third-order valence-electron chi connectivity index (χ3n) is 3.47. The van der Waals surface area contributed by atoms with Crippen LogP contribution in [-0.2, 0) is 4.79 Å². The van der Waals surface area contributed by atoms with Gasteiger partial charge in [-0.1, -0.05) is 12.8 Å². The Morgan fingerprint density at radius 1 is 1.31 bits per heavy atom. The van der Waals surface area contributed by atoms with Gasteiger partial charge in [-0.05, 0) is 25.2 Å². The van der Waals surface area contributed by atoms with Gasteiger partial charge in [0.25, 0.3) is 0 Å². The van der Waals surface area contributed by atoms with Crippen molar-refractivity contribution >= 4 is 18.5 Å². The lowest BCUT2D eigenvalue weighted by Crippen LogP contribution is -2.39. The van der Waals surface area contributed by atoms with Crippen molar-refractivity contribution < 1.29 is 4.79 Å². The zero-order chi connectivity index (χ0) is 9.26. The second-order valence-corrected chi connectivity index (χ2v) is 4.46. The van der Waals surface area contributed by atoms with Crippen LogP contribution in [0.1, 0.15) is 32.1 Å². The molecular formula is C10H17NOS. The van der Waals surface area contributed by atoms with Gasteiger partial charge in [0.2, 0.25) is 5.91 Å². The Morgan fingerprint density at radius 2 is 2.08 bits per heavy atom. The van der Waals surface area contributed by atoms with E-state index in [1.54, 1.807) is 0 Å². The molecular weight excluding hydrogens is 182 g/mol. The highest BCUT2D eigenvalue weighted by molar-refractivity contribution is 7.81. The maximum Gasteiger partial charge on any atom is 0.232 e. The maximum atomic E-state index is 11.5. The molecule has 2 atom stereocenters. The van der Waals surface area contributed by atoms with E-state index in [0.29, 0.717) is 11.8 Å². The van der Waals surface area contributed by atoms with Crippen molar-refractivity contribution in [3.8, 4) is 0 Å². The third-order valence-corrected chi connectivity index (χ3v) is 3.74. The van der Waals surface area contributed by atoms with Crippen molar-refractivity contribution in [2.45, 2.75) is 38.1 Å². The molecule has 3 heteroatoms. The summed E-state index contributed by atoms with van der Waals surface area (Å²) >= 11 is 4.06. The summed E-state index contributed by atoms with van der Waals surface area (Å²) in [6.07, 6.45) is 6.46. The molecule has 2 rings (SSSR count). The summed E-state index contributed by atoms with van der Waals surface area (Å²) in [4.78, 5) is 13.6. The number of nitrogens with zero attached hydrogens (tertiary/aromatic N) is 1. The summed E-state index contributed by atoms with van der Waals surface area (Å²) < 4.78 is 0. The van der Waals surface area contributed by atoms with Gasteiger partial charge in [0.1, 0.15) is 0 Å². The van der Waals surface area contributed by atoms with Crippen LogP contribution in [0.15, 0.2) is 0 Å². The molecule has 13 heavy (non-hydrogen) atoms. The molecule has 0 aromatic rings. The van der Waals surface area contributed by atoms with Crippen molar-refractivity contribution in [1.82, 2.24) is 4.90 Å². The lowest BCUT2D eigenvalue weighted by atomic mass is 9.85. The lowest BCUT2D eigenvalue weighted by molar-refractivity contribution is -0.129. The first-order chi connectivity index (χ1) is 6.33. The van der Waals surface area contributed by atoms with E-state index >= 15 is 0 Å². The number of carbonyl (C=O) groups excluding carboxylic acids is 1. The first-order valence-corrected chi connectivity index (χ1v) is 5.86. The number of carbonyl (C=O) groups is 1. The normalized spacial score (nSPS) is 33.2. The number of amides is 1. The van der Waals surface area contributed by atoms with Crippen LogP contribution in [-0.4, -0.2) is 29.1 Å². The largest absolute Gasteiger partial charge is 0.339 e. The second kappa shape index (κ2) is 3.91. The molecule has 0 aromatic carbocycles. The highest BCUT2D eigenvalue weighted by Gasteiger charge is 2.37. The van der Waals surface area contributed by atoms with Crippen LogP contribution in [0.5, 0.6) is 0 Å². The maximum absolute atomic E-state index is 11.5. The van der Waals surface area contributed by atoms with Crippen LogP contribution < -0.4 is 0 Å². The van der Waals surface area contributed by atoms with Crippen molar-refractivity contribution in [1.29, 1.82) is 0 Å². The summed E-state index contributed by atoms with van der Waals surface area (Å²) in [6.45, 7) is 0.981. The molecule has 1 saturated heterocycles. The second-order valence-electron chi connectivity index (χ2n) is 4.15. The van der Waals surface area contributed by atoms with Crippen molar-refractivity contribution in [3.63, 3.8) is 0 Å². The summed E-state index contributed by atoms with van der Waals surface area (Å²) in [7, 11) is 0. The van der Waals surface area contributed by atoms with E-state index in [9.17, 15) is 4.79 Å². The predicted molar refractivity (Wildman–Crippen MR) is 55.9 cm³/mol. The predicted octanol–water partition coefficient (Wildman–Crippen LogP) is 1.71. The van der Waals surface area contributed by atoms with Crippen LogP contribution in [0.25, 0.3) is 0 Å². The summed E-state index contributed by atoms with van der Waals surface area (Å²) in [5.41, 5.74) is 0. The fourth-order valence-electron chi connectivity index (χ4n) is 2.81. The van der Waals surface area contributed by atoms with E-state index in [1.807, 2.05) is 0 Å². The smallest absolute Gasteiger partial charge is 0.232 e. The third kappa shape index (κ3) is 1.71. The van der Waals surface area contributed by atoms with Crippen LogP contribution in [0.4, 0.5) is 0 Å². The molecule has 0 unspecified atom stereocenters. The van der Waals surface area contributed by atoms with E-state index in [-0.39, 0.29) is 5.91 Å².